The minimum absolute atomic E-state index is 0.129. The first-order valence-corrected chi connectivity index (χ1v) is 7.36. The molecular formula is C2HCl5Si. The molecule has 0 bridgehead atoms. The van der Waals surface area contributed by atoms with Crippen LogP contribution in [0.5, 0.6) is 0 Å². The summed E-state index contributed by atoms with van der Waals surface area (Å²) in [6.45, 7) is 0. The van der Waals surface area contributed by atoms with Crippen LogP contribution in [0.15, 0.2) is 10.2 Å². The van der Waals surface area contributed by atoms with Crippen LogP contribution in [0.25, 0.3) is 0 Å². The third kappa shape index (κ3) is 3.44. The normalized spacial score (nSPS) is 14.4. The topological polar surface area (TPSA) is 0 Å². The fourth-order valence-electron chi connectivity index (χ4n) is 0.0619. The molecule has 0 heterocycles. The highest BCUT2D eigenvalue weighted by Crippen LogP contribution is 2.31. The van der Waals surface area contributed by atoms with Crippen LogP contribution in [0.2, 0.25) is 0 Å². The predicted octanol–water partition coefficient (Wildman–Crippen LogP) is 3.50. The largest absolute Gasteiger partial charge is 0.385 e. The van der Waals surface area contributed by atoms with Gasteiger partial charge >= 0.3 is 6.00 Å². The van der Waals surface area contributed by atoms with Crippen LogP contribution in [0.1, 0.15) is 0 Å². The van der Waals surface area contributed by atoms with Gasteiger partial charge in [0.15, 0.2) is 0 Å². The first kappa shape index (κ1) is 9.41. The van der Waals surface area contributed by atoms with Crippen molar-refractivity contribution in [3.05, 3.63) is 10.2 Å². The summed E-state index contributed by atoms with van der Waals surface area (Å²) in [5, 5.41) is 0. The molecule has 0 aromatic heterocycles. The molecule has 0 aliphatic heterocycles. The lowest BCUT2D eigenvalue weighted by molar-refractivity contribution is 2.31. The van der Waals surface area contributed by atoms with E-state index in [0.717, 1.165) is 5.54 Å². The average Bonchev–Trinajstić information content (AvgIpc) is 1.62. The number of hydrogen-bond acceptors (Lipinski definition) is 0. The number of hydrogen-bond donors (Lipinski definition) is 0. The Kier molecular flexibility index (Phi) is 4.17. The standard InChI is InChI=1S/C2HCl5Si/c3-1-2(4)8(5,6)7/h1H/b2-1+. The quantitative estimate of drug-likeness (QED) is 0.478. The molecule has 0 aliphatic carbocycles. The van der Waals surface area contributed by atoms with Gasteiger partial charge in [0.2, 0.25) is 0 Å². The van der Waals surface area contributed by atoms with Crippen molar-refractivity contribution in [1.82, 2.24) is 0 Å². The third-order valence-corrected chi connectivity index (χ3v) is 5.23. The second-order valence-corrected chi connectivity index (χ2v) is 10.3. The van der Waals surface area contributed by atoms with Crippen LogP contribution in [-0.2, 0) is 0 Å². The fraction of sp³-hybridized carbons (Fsp3) is 0. The van der Waals surface area contributed by atoms with Crippen molar-refractivity contribution in [1.29, 1.82) is 0 Å². The minimum Gasteiger partial charge on any atom is -0.120 e. The van der Waals surface area contributed by atoms with Gasteiger partial charge in [-0.05, 0) is 0 Å². The molecular weight excluding hydrogens is 229 g/mol. The van der Waals surface area contributed by atoms with Gasteiger partial charge < -0.3 is 0 Å². The van der Waals surface area contributed by atoms with Crippen molar-refractivity contribution in [3.63, 3.8) is 0 Å². The molecule has 8 heavy (non-hydrogen) atoms. The van der Waals surface area contributed by atoms with Crippen LogP contribution in [0.4, 0.5) is 0 Å². The van der Waals surface area contributed by atoms with Crippen LogP contribution < -0.4 is 0 Å². The maximum atomic E-state index is 5.37. The van der Waals surface area contributed by atoms with E-state index in [4.69, 9.17) is 56.4 Å². The Morgan fingerprint density at radius 3 is 1.62 bits per heavy atom. The Balaban J connectivity index is 4.03. The Labute approximate surface area is 72.4 Å². The molecule has 0 atom stereocenters. The zero-order valence-electron chi connectivity index (χ0n) is 3.47. The van der Waals surface area contributed by atoms with Crippen LogP contribution in [-0.4, -0.2) is 6.00 Å². The van der Waals surface area contributed by atoms with Crippen LogP contribution in [0.3, 0.4) is 0 Å². The maximum Gasteiger partial charge on any atom is 0.385 e. The van der Waals surface area contributed by atoms with E-state index in [0.29, 0.717) is 0 Å². The first-order chi connectivity index (χ1) is 3.48. The lowest BCUT2D eigenvalue weighted by Gasteiger charge is -2.01. The number of rotatable bonds is 1. The van der Waals surface area contributed by atoms with Crippen molar-refractivity contribution >= 4 is 62.4 Å². The van der Waals surface area contributed by atoms with Gasteiger partial charge in [-0.15, -0.1) is 33.2 Å². The predicted molar refractivity (Wildman–Crippen MR) is 43.1 cm³/mol. The van der Waals surface area contributed by atoms with Gasteiger partial charge in [-0.25, -0.2) is 0 Å². The van der Waals surface area contributed by atoms with Gasteiger partial charge in [0.1, 0.15) is 0 Å². The molecule has 48 valence electrons. The zero-order chi connectivity index (χ0) is 6.78. The van der Waals surface area contributed by atoms with Gasteiger partial charge in [-0.3, -0.25) is 0 Å². The Morgan fingerprint density at radius 1 is 1.25 bits per heavy atom. The van der Waals surface area contributed by atoms with E-state index in [9.17, 15) is 0 Å². The first-order valence-electron chi connectivity index (χ1n) is 1.51. The van der Waals surface area contributed by atoms with Crippen LogP contribution in [0, 0.1) is 0 Å². The lowest BCUT2D eigenvalue weighted by atomic mass is 11.2. The zero-order valence-corrected chi connectivity index (χ0v) is 8.25. The van der Waals surface area contributed by atoms with Gasteiger partial charge in [0.25, 0.3) is 0 Å². The summed E-state index contributed by atoms with van der Waals surface area (Å²) in [5.74, 6) is 0. The molecule has 0 aromatic rings. The van der Waals surface area contributed by atoms with Crippen molar-refractivity contribution < 1.29 is 0 Å². The highest BCUT2D eigenvalue weighted by Gasteiger charge is 2.29. The molecule has 0 saturated heterocycles. The smallest absolute Gasteiger partial charge is 0.120 e. The Bertz CT molecular complexity index is 101. The summed E-state index contributed by atoms with van der Waals surface area (Å²) in [6, 6.07) is -2.85. The molecule has 0 saturated carbocycles. The van der Waals surface area contributed by atoms with Gasteiger partial charge in [-0.2, -0.15) is 0 Å². The summed E-state index contributed by atoms with van der Waals surface area (Å²) in [5.41, 5.74) is 1.07. The van der Waals surface area contributed by atoms with Crippen molar-refractivity contribution in [2.75, 3.05) is 0 Å². The van der Waals surface area contributed by atoms with E-state index in [2.05, 4.69) is 0 Å². The molecule has 0 radical (unpaired) electrons. The van der Waals surface area contributed by atoms with Crippen molar-refractivity contribution in [2.24, 2.45) is 0 Å². The molecule has 0 unspecified atom stereocenters. The van der Waals surface area contributed by atoms with Gasteiger partial charge in [0.05, 0.1) is 4.66 Å². The molecule has 0 amide bonds. The second-order valence-electron chi connectivity index (χ2n) is 0.955. The van der Waals surface area contributed by atoms with Gasteiger partial charge in [-0.1, -0.05) is 23.2 Å². The van der Waals surface area contributed by atoms with Crippen molar-refractivity contribution in [3.8, 4) is 0 Å². The van der Waals surface area contributed by atoms with E-state index >= 15 is 0 Å². The summed E-state index contributed by atoms with van der Waals surface area (Å²) >= 11 is 26.6. The molecule has 0 fully saturated rings. The van der Waals surface area contributed by atoms with E-state index in [-0.39, 0.29) is 4.66 Å². The summed E-state index contributed by atoms with van der Waals surface area (Å²) in [7, 11) is 0. The van der Waals surface area contributed by atoms with E-state index in [1.54, 1.807) is 0 Å². The van der Waals surface area contributed by atoms with Crippen molar-refractivity contribution in [2.45, 2.75) is 0 Å². The SMILES string of the molecule is Cl/C=C(\Cl)[Si](Cl)(Cl)Cl. The van der Waals surface area contributed by atoms with E-state index < -0.39 is 6.00 Å². The third-order valence-electron chi connectivity index (χ3n) is 0.367. The number of halogens is 5. The maximum absolute atomic E-state index is 5.37. The fourth-order valence-corrected chi connectivity index (χ4v) is 1.67. The highest BCUT2D eigenvalue weighted by atomic mass is 35.8. The molecule has 0 aromatic carbocycles. The molecule has 0 aliphatic rings. The van der Waals surface area contributed by atoms with E-state index in [1.165, 1.54) is 0 Å². The molecule has 0 spiro atoms. The lowest BCUT2D eigenvalue weighted by Crippen LogP contribution is -2.08. The highest BCUT2D eigenvalue weighted by molar-refractivity contribution is 7.68. The molecule has 6 heteroatoms. The van der Waals surface area contributed by atoms with Gasteiger partial charge in [0, 0.05) is 5.54 Å². The summed E-state index contributed by atoms with van der Waals surface area (Å²) in [4.78, 5) is 0. The van der Waals surface area contributed by atoms with E-state index in [1.807, 2.05) is 0 Å². The average molecular weight is 230 g/mol. The molecule has 0 rings (SSSR count). The van der Waals surface area contributed by atoms with Crippen LogP contribution >= 0.6 is 56.4 Å². The monoisotopic (exact) mass is 228 g/mol. The minimum atomic E-state index is -2.85. The summed E-state index contributed by atoms with van der Waals surface area (Å²) in [6.07, 6.45) is 0. The molecule has 0 N–H and O–H groups in total. The Morgan fingerprint density at radius 2 is 1.62 bits per heavy atom. The summed E-state index contributed by atoms with van der Waals surface area (Å²) < 4.78 is 0.129. The molecule has 0 nitrogen and oxygen atoms in total. The Hall–Kier alpha value is 1.41. The second kappa shape index (κ2) is 3.54.